The van der Waals surface area contributed by atoms with Crippen LogP contribution in [0.25, 0.3) is 11.0 Å². The molecule has 32 heavy (non-hydrogen) atoms. The van der Waals surface area contributed by atoms with Gasteiger partial charge in [-0.2, -0.15) is 13.2 Å². The van der Waals surface area contributed by atoms with E-state index in [4.69, 9.17) is 0 Å². The molecule has 1 amide bonds. The van der Waals surface area contributed by atoms with Crippen molar-refractivity contribution in [2.75, 3.05) is 26.2 Å². The molecular weight excluding hydrogens is 421 g/mol. The molecule has 3 rings (SSSR count). The molecule has 1 aromatic heterocycles. The first-order valence-electron chi connectivity index (χ1n) is 11.2. The molecule has 0 bridgehead atoms. The smallest absolute Gasteiger partial charge is 0.354 e. The number of amides is 1. The summed E-state index contributed by atoms with van der Waals surface area (Å²) in [5, 5.41) is 2.79. The number of carbonyl (C=O) groups excluding carboxylic acids is 1. The summed E-state index contributed by atoms with van der Waals surface area (Å²) in [5.74, 6) is -0.484. The topological polar surface area (TPSA) is 67.2 Å². The van der Waals surface area contributed by atoms with Gasteiger partial charge in [0.1, 0.15) is 6.04 Å². The number of hydrogen-bond acceptors (Lipinski definition) is 4. The number of alkyl halides is 3. The van der Waals surface area contributed by atoms with Crippen molar-refractivity contribution in [3.8, 4) is 0 Å². The third kappa shape index (κ3) is 5.49. The third-order valence-electron chi connectivity index (χ3n) is 6.19. The predicted molar refractivity (Wildman–Crippen MR) is 118 cm³/mol. The highest BCUT2D eigenvalue weighted by Crippen LogP contribution is 2.28. The molecule has 1 fully saturated rings. The van der Waals surface area contributed by atoms with Gasteiger partial charge in [-0.1, -0.05) is 12.8 Å². The van der Waals surface area contributed by atoms with Gasteiger partial charge < -0.3 is 10.2 Å². The number of benzene rings is 1. The van der Waals surface area contributed by atoms with E-state index in [2.05, 4.69) is 15.2 Å². The van der Waals surface area contributed by atoms with E-state index in [0.29, 0.717) is 6.54 Å². The lowest BCUT2D eigenvalue weighted by molar-refractivity contribution is -0.142. The molecule has 1 N–H and O–H groups in total. The van der Waals surface area contributed by atoms with Crippen LogP contribution in [0.5, 0.6) is 0 Å². The van der Waals surface area contributed by atoms with E-state index in [9.17, 15) is 22.8 Å². The Bertz CT molecular complexity index is 1020. The minimum absolute atomic E-state index is 0.0424. The van der Waals surface area contributed by atoms with Gasteiger partial charge in [0.2, 0.25) is 11.6 Å². The molecule has 0 unspecified atom stereocenters. The summed E-state index contributed by atoms with van der Waals surface area (Å²) in [7, 11) is 0. The zero-order valence-electron chi connectivity index (χ0n) is 18.9. The van der Waals surface area contributed by atoms with Crippen LogP contribution < -0.4 is 10.9 Å². The van der Waals surface area contributed by atoms with E-state index in [0.717, 1.165) is 41.7 Å². The maximum atomic E-state index is 13.5. The van der Waals surface area contributed by atoms with Crippen molar-refractivity contribution in [3.63, 3.8) is 0 Å². The van der Waals surface area contributed by atoms with Crippen LogP contribution in [0, 0.1) is 13.8 Å². The summed E-state index contributed by atoms with van der Waals surface area (Å²) < 4.78 is 41.3. The summed E-state index contributed by atoms with van der Waals surface area (Å²) in [6.45, 7) is 8.39. The van der Waals surface area contributed by atoms with Crippen LogP contribution in [-0.2, 0) is 11.0 Å². The molecule has 0 radical (unpaired) electrons. The first kappa shape index (κ1) is 24.2. The van der Waals surface area contributed by atoms with E-state index in [1.165, 1.54) is 38.7 Å². The number of rotatable bonds is 6. The first-order chi connectivity index (χ1) is 15.1. The van der Waals surface area contributed by atoms with E-state index in [1.54, 1.807) is 19.9 Å². The van der Waals surface area contributed by atoms with Gasteiger partial charge in [0.25, 0.3) is 5.56 Å². The summed E-state index contributed by atoms with van der Waals surface area (Å²) in [6.07, 6.45) is 0.700. The Balaban J connectivity index is 1.80. The van der Waals surface area contributed by atoms with Crippen molar-refractivity contribution in [1.29, 1.82) is 0 Å². The molecule has 1 aliphatic rings. The number of aromatic nitrogens is 2. The average Bonchev–Trinajstić information content (AvgIpc) is 2.99. The molecular formula is C23H31F3N4O2. The Morgan fingerprint density at radius 2 is 1.75 bits per heavy atom. The fourth-order valence-corrected chi connectivity index (χ4v) is 4.17. The van der Waals surface area contributed by atoms with Gasteiger partial charge in [-0.05, 0) is 82.9 Å². The van der Waals surface area contributed by atoms with Gasteiger partial charge in [0.15, 0.2) is 0 Å². The second-order valence-corrected chi connectivity index (χ2v) is 8.63. The monoisotopic (exact) mass is 452 g/mol. The van der Waals surface area contributed by atoms with Crippen LogP contribution in [0.1, 0.15) is 61.9 Å². The minimum Gasteiger partial charge on any atom is -0.354 e. The molecule has 0 saturated carbocycles. The van der Waals surface area contributed by atoms with Gasteiger partial charge in [-0.25, -0.2) is 4.98 Å². The lowest BCUT2D eigenvalue weighted by atomic mass is 10.1. The number of nitrogens with zero attached hydrogens (tertiary/aromatic N) is 3. The number of nitrogens with one attached hydrogen (secondary N) is 1. The Morgan fingerprint density at radius 1 is 1.12 bits per heavy atom. The molecule has 6 nitrogen and oxygen atoms in total. The number of fused-ring (bicyclic) bond motifs is 1. The normalized spacial score (nSPS) is 16.7. The summed E-state index contributed by atoms with van der Waals surface area (Å²) in [4.78, 5) is 31.5. The van der Waals surface area contributed by atoms with Crippen molar-refractivity contribution in [3.05, 3.63) is 39.3 Å². The molecule has 1 aliphatic heterocycles. The summed E-state index contributed by atoms with van der Waals surface area (Å²) in [6, 6.07) is 2.03. The maximum absolute atomic E-state index is 13.5. The minimum atomic E-state index is -4.91. The summed E-state index contributed by atoms with van der Waals surface area (Å²) in [5.41, 5.74) is -0.986. The van der Waals surface area contributed by atoms with Crippen molar-refractivity contribution in [2.45, 2.75) is 65.1 Å². The average molecular weight is 453 g/mol. The van der Waals surface area contributed by atoms with Gasteiger partial charge >= 0.3 is 6.18 Å². The van der Waals surface area contributed by atoms with Crippen LogP contribution in [0.15, 0.2) is 16.9 Å². The Kier molecular flexibility index (Phi) is 7.59. The SMILES string of the molecule is Cc1cc2nc(C(F)(F)F)c(=O)n([C@H](C)C(=O)NCCCN3CCCCCC3)c2cc1C. The van der Waals surface area contributed by atoms with E-state index in [1.807, 2.05) is 0 Å². The Hall–Kier alpha value is -2.42. The number of aryl methyl sites for hydroxylation is 2. The third-order valence-corrected chi connectivity index (χ3v) is 6.19. The van der Waals surface area contributed by atoms with Crippen LogP contribution in [0.2, 0.25) is 0 Å². The predicted octanol–water partition coefficient (Wildman–Crippen LogP) is 3.98. The molecule has 0 spiro atoms. The fraction of sp³-hybridized carbons (Fsp3) is 0.609. The highest BCUT2D eigenvalue weighted by molar-refractivity contribution is 5.84. The molecule has 2 heterocycles. The highest BCUT2D eigenvalue weighted by atomic mass is 19.4. The van der Waals surface area contributed by atoms with Gasteiger partial charge in [-0.15, -0.1) is 0 Å². The second kappa shape index (κ2) is 10.0. The largest absolute Gasteiger partial charge is 0.438 e. The van der Waals surface area contributed by atoms with Crippen molar-refractivity contribution in [2.24, 2.45) is 0 Å². The number of likely N-dealkylation sites (tertiary alicyclic amines) is 1. The zero-order valence-corrected chi connectivity index (χ0v) is 18.9. The van der Waals surface area contributed by atoms with Crippen LogP contribution >= 0.6 is 0 Å². The van der Waals surface area contributed by atoms with Gasteiger partial charge in [0, 0.05) is 6.54 Å². The summed E-state index contributed by atoms with van der Waals surface area (Å²) >= 11 is 0. The van der Waals surface area contributed by atoms with Crippen molar-refractivity contribution in [1.82, 2.24) is 19.8 Å². The number of hydrogen-bond donors (Lipinski definition) is 1. The molecule has 2 aromatic rings. The van der Waals surface area contributed by atoms with Gasteiger partial charge in [0.05, 0.1) is 11.0 Å². The quantitative estimate of drug-likeness (QED) is 0.674. The standard InChI is InChI=1S/C23H31F3N4O2/c1-15-13-18-19(14-16(15)2)30(22(32)20(28-18)23(24,25)26)17(3)21(31)27-9-8-12-29-10-6-4-5-7-11-29/h13-14,17H,4-12H2,1-3H3,(H,27,31)/t17-/m1/s1. The first-order valence-corrected chi connectivity index (χ1v) is 11.2. The molecule has 1 atom stereocenters. The Morgan fingerprint density at radius 3 is 2.38 bits per heavy atom. The maximum Gasteiger partial charge on any atom is 0.438 e. The molecule has 176 valence electrons. The lowest BCUT2D eigenvalue weighted by Gasteiger charge is -2.21. The van der Waals surface area contributed by atoms with Crippen molar-refractivity contribution < 1.29 is 18.0 Å². The molecule has 1 saturated heterocycles. The number of halogens is 3. The molecule has 1 aromatic carbocycles. The fourth-order valence-electron chi connectivity index (χ4n) is 4.17. The van der Waals surface area contributed by atoms with Crippen molar-refractivity contribution >= 4 is 16.9 Å². The van der Waals surface area contributed by atoms with Crippen LogP contribution in [0.4, 0.5) is 13.2 Å². The second-order valence-electron chi connectivity index (χ2n) is 8.63. The Labute approximate surface area is 185 Å². The number of carbonyl (C=O) groups is 1. The van der Waals surface area contributed by atoms with Crippen LogP contribution in [-0.4, -0.2) is 46.5 Å². The van der Waals surface area contributed by atoms with E-state index < -0.39 is 29.4 Å². The van der Waals surface area contributed by atoms with E-state index >= 15 is 0 Å². The highest BCUT2D eigenvalue weighted by Gasteiger charge is 2.38. The van der Waals surface area contributed by atoms with Crippen LogP contribution in [0.3, 0.4) is 0 Å². The molecule has 0 aliphatic carbocycles. The molecule has 9 heteroatoms. The lowest BCUT2D eigenvalue weighted by Crippen LogP contribution is -2.40. The van der Waals surface area contributed by atoms with E-state index in [-0.39, 0.29) is 11.0 Å². The zero-order chi connectivity index (χ0) is 23.5. The van der Waals surface area contributed by atoms with Gasteiger partial charge in [-0.3, -0.25) is 14.2 Å².